The van der Waals surface area contributed by atoms with Crippen molar-refractivity contribution in [3.05, 3.63) is 53.1 Å². The first-order chi connectivity index (χ1) is 9.67. The summed E-state index contributed by atoms with van der Waals surface area (Å²) >= 11 is 0. The zero-order valence-electron chi connectivity index (χ0n) is 12.7. The first-order valence-corrected chi connectivity index (χ1v) is 7.85. The van der Waals surface area contributed by atoms with Crippen molar-refractivity contribution >= 4 is 0 Å². The van der Waals surface area contributed by atoms with Gasteiger partial charge in [-0.3, -0.25) is 0 Å². The Kier molecular flexibility index (Phi) is 3.69. The van der Waals surface area contributed by atoms with Crippen molar-refractivity contribution in [2.45, 2.75) is 46.1 Å². The molecule has 3 rings (SSSR count). The summed E-state index contributed by atoms with van der Waals surface area (Å²) in [4.78, 5) is 0. The van der Waals surface area contributed by atoms with Gasteiger partial charge in [0, 0.05) is 5.92 Å². The van der Waals surface area contributed by atoms with Gasteiger partial charge < -0.3 is 4.74 Å². The molecule has 0 amide bonds. The Morgan fingerprint density at radius 3 is 2.90 bits per heavy atom. The molecule has 1 heterocycles. The predicted octanol–water partition coefficient (Wildman–Crippen LogP) is 4.71. The summed E-state index contributed by atoms with van der Waals surface area (Å²) in [5.41, 5.74) is 4.19. The molecule has 1 aliphatic carbocycles. The van der Waals surface area contributed by atoms with Crippen LogP contribution >= 0.6 is 0 Å². The van der Waals surface area contributed by atoms with Gasteiger partial charge in [0.1, 0.15) is 11.9 Å². The Balaban J connectivity index is 1.90. The van der Waals surface area contributed by atoms with Crippen molar-refractivity contribution in [2.24, 2.45) is 11.8 Å². The summed E-state index contributed by atoms with van der Waals surface area (Å²) in [6, 6.07) is 6.69. The second-order valence-corrected chi connectivity index (χ2v) is 6.26. The van der Waals surface area contributed by atoms with Crippen LogP contribution in [0.1, 0.15) is 38.3 Å². The van der Waals surface area contributed by atoms with Crippen LogP contribution in [0.4, 0.5) is 0 Å². The minimum atomic E-state index is 0.214. The van der Waals surface area contributed by atoms with Gasteiger partial charge in [-0.05, 0) is 54.0 Å². The number of allylic oxidation sites excluding steroid dienone is 2. The highest BCUT2D eigenvalue weighted by atomic mass is 16.5. The molecule has 0 aromatic heterocycles. The molecule has 0 radical (unpaired) electrons. The summed E-state index contributed by atoms with van der Waals surface area (Å²) < 4.78 is 6.31. The maximum atomic E-state index is 6.31. The van der Waals surface area contributed by atoms with Crippen molar-refractivity contribution in [1.29, 1.82) is 0 Å². The molecule has 1 aromatic carbocycles. The zero-order valence-corrected chi connectivity index (χ0v) is 12.7. The third kappa shape index (κ3) is 2.54. The largest absolute Gasteiger partial charge is 0.485 e. The predicted molar refractivity (Wildman–Crippen MR) is 84.1 cm³/mol. The molecule has 0 saturated carbocycles. The van der Waals surface area contributed by atoms with Crippen LogP contribution < -0.4 is 4.74 Å². The Morgan fingerprint density at radius 2 is 2.15 bits per heavy atom. The van der Waals surface area contributed by atoms with Crippen LogP contribution in [0.25, 0.3) is 0 Å². The fourth-order valence-corrected chi connectivity index (χ4v) is 3.11. The number of ether oxygens (including phenoxy) is 1. The van der Waals surface area contributed by atoms with Gasteiger partial charge >= 0.3 is 0 Å². The van der Waals surface area contributed by atoms with Gasteiger partial charge in [0.05, 0.1) is 0 Å². The van der Waals surface area contributed by atoms with Gasteiger partial charge in [-0.15, -0.1) is 0 Å². The highest BCUT2D eigenvalue weighted by molar-refractivity contribution is 5.40. The monoisotopic (exact) mass is 268 g/mol. The zero-order chi connectivity index (χ0) is 14.1. The van der Waals surface area contributed by atoms with Crippen LogP contribution in [0.2, 0.25) is 0 Å². The van der Waals surface area contributed by atoms with Crippen molar-refractivity contribution in [1.82, 2.24) is 0 Å². The van der Waals surface area contributed by atoms with E-state index in [1.54, 1.807) is 0 Å². The summed E-state index contributed by atoms with van der Waals surface area (Å²) in [5.74, 6) is 2.18. The number of fused-ring (bicyclic) bond motifs is 2. The smallest absolute Gasteiger partial charge is 0.124 e. The molecular formula is C19H24O. The minimum absolute atomic E-state index is 0.214. The number of hydrogen-bond donors (Lipinski definition) is 0. The molecule has 1 aromatic rings. The molecule has 2 atom stereocenters. The molecule has 106 valence electrons. The lowest BCUT2D eigenvalue weighted by Crippen LogP contribution is -2.25. The standard InChI is InChI=1S/C19H24O/c1-4-14-5-10-18-17(11-14)9-7-15-6-8-16(13(2)3)12-19(15)20-18/h5-6,8,10-13,15,19H,4,7,9H2,1-3H3. The van der Waals surface area contributed by atoms with Crippen molar-refractivity contribution < 1.29 is 4.74 Å². The van der Waals surface area contributed by atoms with E-state index in [0.717, 1.165) is 18.6 Å². The Morgan fingerprint density at radius 1 is 1.30 bits per heavy atom. The van der Waals surface area contributed by atoms with E-state index in [9.17, 15) is 0 Å². The van der Waals surface area contributed by atoms with Gasteiger partial charge in [-0.2, -0.15) is 0 Å². The molecule has 0 spiro atoms. The lowest BCUT2D eigenvalue weighted by molar-refractivity contribution is 0.203. The van der Waals surface area contributed by atoms with E-state index in [4.69, 9.17) is 4.74 Å². The lowest BCUT2D eigenvalue weighted by Gasteiger charge is -2.26. The van der Waals surface area contributed by atoms with Crippen LogP contribution in [-0.4, -0.2) is 6.10 Å². The second-order valence-electron chi connectivity index (χ2n) is 6.26. The van der Waals surface area contributed by atoms with Gasteiger partial charge in [-0.25, -0.2) is 0 Å². The average molecular weight is 268 g/mol. The molecule has 1 aliphatic heterocycles. The maximum Gasteiger partial charge on any atom is 0.124 e. The first-order valence-electron chi connectivity index (χ1n) is 7.85. The Bertz CT molecular complexity index is 551. The summed E-state index contributed by atoms with van der Waals surface area (Å²) in [7, 11) is 0. The van der Waals surface area contributed by atoms with E-state index < -0.39 is 0 Å². The Hall–Kier alpha value is -1.50. The van der Waals surface area contributed by atoms with E-state index in [2.05, 4.69) is 57.2 Å². The molecule has 1 heteroatoms. The number of rotatable bonds is 2. The minimum Gasteiger partial charge on any atom is -0.485 e. The third-order valence-electron chi connectivity index (χ3n) is 4.52. The van der Waals surface area contributed by atoms with Gasteiger partial charge in [0.2, 0.25) is 0 Å². The molecule has 2 aliphatic rings. The van der Waals surface area contributed by atoms with E-state index in [1.165, 1.54) is 23.1 Å². The topological polar surface area (TPSA) is 9.23 Å². The summed E-state index contributed by atoms with van der Waals surface area (Å²) in [5, 5.41) is 0. The average Bonchev–Trinajstić information content (AvgIpc) is 2.64. The molecule has 0 N–H and O–H groups in total. The van der Waals surface area contributed by atoms with Crippen LogP contribution in [0.3, 0.4) is 0 Å². The highest BCUT2D eigenvalue weighted by Crippen LogP contribution is 2.34. The van der Waals surface area contributed by atoms with E-state index in [-0.39, 0.29) is 6.10 Å². The Labute approximate surface area is 122 Å². The van der Waals surface area contributed by atoms with E-state index in [1.807, 2.05) is 0 Å². The van der Waals surface area contributed by atoms with Crippen LogP contribution in [-0.2, 0) is 12.8 Å². The molecule has 0 bridgehead atoms. The second kappa shape index (κ2) is 5.47. The van der Waals surface area contributed by atoms with Crippen molar-refractivity contribution in [2.75, 3.05) is 0 Å². The quantitative estimate of drug-likeness (QED) is 0.754. The van der Waals surface area contributed by atoms with Crippen molar-refractivity contribution in [3.8, 4) is 5.75 Å². The van der Waals surface area contributed by atoms with Crippen LogP contribution in [0.5, 0.6) is 5.75 Å². The molecule has 20 heavy (non-hydrogen) atoms. The van der Waals surface area contributed by atoms with E-state index in [0.29, 0.717) is 11.8 Å². The van der Waals surface area contributed by atoms with Crippen molar-refractivity contribution in [3.63, 3.8) is 0 Å². The third-order valence-corrected chi connectivity index (χ3v) is 4.52. The van der Waals surface area contributed by atoms with Gasteiger partial charge in [0.15, 0.2) is 0 Å². The van der Waals surface area contributed by atoms with Gasteiger partial charge in [-0.1, -0.05) is 45.1 Å². The molecule has 1 nitrogen and oxygen atoms in total. The number of benzene rings is 1. The number of aryl methyl sites for hydroxylation is 2. The SMILES string of the molecule is CCc1ccc2c(c1)CCC1C=CC(C(C)C)=CC1O2. The normalized spacial score (nSPS) is 24.5. The lowest BCUT2D eigenvalue weighted by atomic mass is 9.86. The maximum absolute atomic E-state index is 6.31. The first kappa shape index (κ1) is 13.5. The van der Waals surface area contributed by atoms with Gasteiger partial charge in [0.25, 0.3) is 0 Å². The van der Waals surface area contributed by atoms with Crippen LogP contribution in [0, 0.1) is 11.8 Å². The highest BCUT2D eigenvalue weighted by Gasteiger charge is 2.27. The fourth-order valence-electron chi connectivity index (χ4n) is 3.11. The molecule has 2 unspecified atom stereocenters. The summed E-state index contributed by atoms with van der Waals surface area (Å²) in [6.07, 6.45) is 10.6. The number of hydrogen-bond acceptors (Lipinski definition) is 1. The molecular weight excluding hydrogens is 244 g/mol. The fraction of sp³-hybridized carbons (Fsp3) is 0.474. The molecule has 0 fully saturated rings. The molecule has 0 saturated heterocycles. The van der Waals surface area contributed by atoms with Crippen LogP contribution in [0.15, 0.2) is 42.0 Å². The summed E-state index contributed by atoms with van der Waals surface area (Å²) in [6.45, 7) is 6.70. The van der Waals surface area contributed by atoms with E-state index >= 15 is 0 Å².